The van der Waals surface area contributed by atoms with Crippen LogP contribution < -0.4 is 10.7 Å². The van der Waals surface area contributed by atoms with Crippen LogP contribution in [0.15, 0.2) is 35.4 Å². The highest BCUT2D eigenvalue weighted by atomic mass is 35.5. The Labute approximate surface area is 144 Å². The van der Waals surface area contributed by atoms with E-state index in [1.54, 1.807) is 24.3 Å². The summed E-state index contributed by atoms with van der Waals surface area (Å²) >= 11 is 17.8. The molecular weight excluding hydrogens is 367 g/mol. The van der Waals surface area contributed by atoms with Gasteiger partial charge in [0.2, 0.25) is 0 Å². The van der Waals surface area contributed by atoms with Crippen molar-refractivity contribution in [1.82, 2.24) is 5.43 Å². The summed E-state index contributed by atoms with van der Waals surface area (Å²) in [4.78, 5) is 10.7. The molecule has 10 heteroatoms. The number of nitrogens with zero attached hydrogens (tertiary/aromatic N) is 2. The average Bonchev–Trinajstić information content (AvgIpc) is 2.92. The number of thiophene rings is 1. The molecule has 1 heterocycles. The molecule has 0 aliphatic carbocycles. The van der Waals surface area contributed by atoms with Crippen molar-refractivity contribution in [1.29, 1.82) is 0 Å². The number of rotatable bonds is 4. The second-order valence-electron chi connectivity index (χ2n) is 3.89. The van der Waals surface area contributed by atoms with Gasteiger partial charge in [-0.15, -0.1) is 0 Å². The number of thiocarbonyl (C=S) groups is 1. The van der Waals surface area contributed by atoms with Gasteiger partial charge in [0, 0.05) is 11.8 Å². The second-order valence-corrected chi connectivity index (χ2v) is 6.20. The first kappa shape index (κ1) is 16.6. The molecule has 2 rings (SSSR count). The van der Waals surface area contributed by atoms with E-state index in [0.717, 1.165) is 11.3 Å². The van der Waals surface area contributed by atoms with Crippen molar-refractivity contribution in [3.8, 4) is 0 Å². The Morgan fingerprint density at radius 1 is 1.32 bits per heavy atom. The van der Waals surface area contributed by atoms with Crippen molar-refractivity contribution >= 4 is 68.8 Å². The van der Waals surface area contributed by atoms with E-state index in [1.165, 1.54) is 12.3 Å². The average molecular weight is 375 g/mol. The Kier molecular flexibility index (Phi) is 5.67. The number of benzene rings is 1. The van der Waals surface area contributed by atoms with Crippen LogP contribution in [0.2, 0.25) is 10.0 Å². The molecule has 0 saturated heterocycles. The Hall–Kier alpha value is -1.74. The molecule has 0 spiro atoms. The first-order chi connectivity index (χ1) is 10.5. The number of anilines is 1. The highest BCUT2D eigenvalue weighted by Gasteiger charge is 2.08. The number of hydrogen-bond donors (Lipinski definition) is 2. The fourth-order valence-electron chi connectivity index (χ4n) is 1.40. The SMILES string of the molecule is O=[N+]([O-])c1ccc(C=NNC(=S)Nc2ccc(Cl)c(Cl)c2)s1. The maximum Gasteiger partial charge on any atom is 0.324 e. The normalized spacial score (nSPS) is 10.6. The maximum atomic E-state index is 10.6. The quantitative estimate of drug-likeness (QED) is 0.361. The molecule has 0 amide bonds. The summed E-state index contributed by atoms with van der Waals surface area (Å²) in [5.74, 6) is 0. The second kappa shape index (κ2) is 7.50. The molecule has 0 saturated carbocycles. The standard InChI is InChI=1S/C12H8Cl2N4O2S2/c13-9-3-1-7(5-10(9)14)16-12(21)17-15-6-8-2-4-11(22-8)18(19)20/h1-6H,(H2,16,17,21). The summed E-state index contributed by atoms with van der Waals surface area (Å²) in [6.45, 7) is 0. The minimum Gasteiger partial charge on any atom is -0.331 e. The van der Waals surface area contributed by atoms with Crippen molar-refractivity contribution in [2.75, 3.05) is 5.32 Å². The maximum absolute atomic E-state index is 10.6. The monoisotopic (exact) mass is 374 g/mol. The lowest BCUT2D eigenvalue weighted by Gasteiger charge is -2.07. The zero-order chi connectivity index (χ0) is 16.1. The molecule has 1 aromatic carbocycles. The zero-order valence-corrected chi connectivity index (χ0v) is 13.9. The van der Waals surface area contributed by atoms with Gasteiger partial charge in [-0.05, 0) is 36.5 Å². The zero-order valence-electron chi connectivity index (χ0n) is 10.7. The van der Waals surface area contributed by atoms with Crippen molar-refractivity contribution in [3.63, 3.8) is 0 Å². The topological polar surface area (TPSA) is 79.6 Å². The molecule has 2 N–H and O–H groups in total. The third kappa shape index (κ3) is 4.63. The van der Waals surface area contributed by atoms with Crippen LogP contribution in [0, 0.1) is 10.1 Å². The lowest BCUT2D eigenvalue weighted by atomic mass is 10.3. The van der Waals surface area contributed by atoms with E-state index in [1.807, 2.05) is 0 Å². The van der Waals surface area contributed by atoms with Crippen molar-refractivity contribution in [2.45, 2.75) is 0 Å². The van der Waals surface area contributed by atoms with Gasteiger partial charge in [0.1, 0.15) is 0 Å². The van der Waals surface area contributed by atoms with Crippen LogP contribution in [-0.4, -0.2) is 16.3 Å². The van der Waals surface area contributed by atoms with E-state index in [4.69, 9.17) is 35.4 Å². The number of hydrogen-bond acceptors (Lipinski definition) is 5. The highest BCUT2D eigenvalue weighted by Crippen LogP contribution is 2.25. The lowest BCUT2D eigenvalue weighted by molar-refractivity contribution is -0.380. The van der Waals surface area contributed by atoms with Gasteiger partial charge in [-0.25, -0.2) is 0 Å². The summed E-state index contributed by atoms with van der Waals surface area (Å²) < 4.78 is 0. The Morgan fingerprint density at radius 2 is 2.09 bits per heavy atom. The van der Waals surface area contributed by atoms with E-state index in [-0.39, 0.29) is 10.1 Å². The van der Waals surface area contributed by atoms with Gasteiger partial charge in [-0.3, -0.25) is 15.5 Å². The molecule has 2 aromatic rings. The third-order valence-electron chi connectivity index (χ3n) is 2.33. The molecule has 114 valence electrons. The van der Waals surface area contributed by atoms with Crippen molar-refractivity contribution in [3.05, 3.63) is 55.4 Å². The molecule has 6 nitrogen and oxygen atoms in total. The molecule has 0 aliphatic heterocycles. The van der Waals surface area contributed by atoms with Gasteiger partial charge in [0.15, 0.2) is 5.11 Å². The van der Waals surface area contributed by atoms with Crippen LogP contribution in [-0.2, 0) is 0 Å². The van der Waals surface area contributed by atoms with Gasteiger partial charge in [0.05, 0.1) is 26.1 Å². The fourth-order valence-corrected chi connectivity index (χ4v) is 2.56. The number of nitro groups is 1. The smallest absolute Gasteiger partial charge is 0.324 e. The van der Waals surface area contributed by atoms with Crippen molar-refractivity contribution < 1.29 is 4.92 Å². The summed E-state index contributed by atoms with van der Waals surface area (Å²) in [5.41, 5.74) is 3.26. The molecule has 0 radical (unpaired) electrons. The number of hydrazone groups is 1. The first-order valence-electron chi connectivity index (χ1n) is 5.75. The lowest BCUT2D eigenvalue weighted by Crippen LogP contribution is -2.23. The largest absolute Gasteiger partial charge is 0.331 e. The van der Waals surface area contributed by atoms with Crippen LogP contribution in [0.5, 0.6) is 0 Å². The molecule has 0 fully saturated rings. The molecule has 1 aromatic heterocycles. The fraction of sp³-hybridized carbons (Fsp3) is 0. The van der Waals surface area contributed by atoms with Gasteiger partial charge in [-0.2, -0.15) is 5.10 Å². The molecule has 0 unspecified atom stereocenters. The van der Waals surface area contributed by atoms with E-state index < -0.39 is 4.92 Å². The van der Waals surface area contributed by atoms with Crippen LogP contribution >= 0.6 is 46.8 Å². The molecular formula is C12H8Cl2N4O2S2. The van der Waals surface area contributed by atoms with Crippen LogP contribution in [0.4, 0.5) is 10.7 Å². The van der Waals surface area contributed by atoms with Crippen molar-refractivity contribution in [2.24, 2.45) is 5.10 Å². The Bertz CT molecular complexity index is 748. The molecule has 22 heavy (non-hydrogen) atoms. The summed E-state index contributed by atoms with van der Waals surface area (Å²) in [6, 6.07) is 8.00. The predicted molar refractivity (Wildman–Crippen MR) is 94.4 cm³/mol. The third-order valence-corrected chi connectivity index (χ3v) is 4.23. The Morgan fingerprint density at radius 3 is 2.73 bits per heavy atom. The minimum absolute atomic E-state index is 0.0537. The van der Waals surface area contributed by atoms with Gasteiger partial charge < -0.3 is 5.32 Å². The molecule has 0 aliphatic rings. The van der Waals surface area contributed by atoms with Crippen LogP contribution in [0.3, 0.4) is 0 Å². The van der Waals surface area contributed by atoms with Gasteiger partial charge in [-0.1, -0.05) is 34.5 Å². The van der Waals surface area contributed by atoms with E-state index in [0.29, 0.717) is 20.6 Å². The highest BCUT2D eigenvalue weighted by molar-refractivity contribution is 7.80. The number of halogens is 2. The molecule has 0 atom stereocenters. The van der Waals surface area contributed by atoms with E-state index in [2.05, 4.69) is 15.8 Å². The first-order valence-corrected chi connectivity index (χ1v) is 7.73. The molecule has 0 bridgehead atoms. The predicted octanol–water partition coefficient (Wildman–Crippen LogP) is 4.28. The van der Waals surface area contributed by atoms with Crippen LogP contribution in [0.25, 0.3) is 0 Å². The van der Waals surface area contributed by atoms with Gasteiger partial charge in [0.25, 0.3) is 0 Å². The minimum atomic E-state index is -0.452. The summed E-state index contributed by atoms with van der Waals surface area (Å²) in [5, 5.41) is 18.5. The van der Waals surface area contributed by atoms with Gasteiger partial charge >= 0.3 is 5.00 Å². The summed E-state index contributed by atoms with van der Waals surface area (Å²) in [6.07, 6.45) is 1.44. The van der Waals surface area contributed by atoms with E-state index in [9.17, 15) is 10.1 Å². The van der Waals surface area contributed by atoms with Crippen LogP contribution in [0.1, 0.15) is 4.88 Å². The Balaban J connectivity index is 1.90. The van der Waals surface area contributed by atoms with E-state index >= 15 is 0 Å². The number of nitrogens with one attached hydrogen (secondary N) is 2. The summed E-state index contributed by atoms with van der Waals surface area (Å²) in [7, 11) is 0.